The number of aromatic nitrogens is 1. The Labute approximate surface area is 139 Å². The number of hydrogen-bond donors (Lipinski definition) is 1. The van der Waals surface area contributed by atoms with Crippen LogP contribution in [0.3, 0.4) is 0 Å². The Morgan fingerprint density at radius 2 is 1.96 bits per heavy atom. The van der Waals surface area contributed by atoms with E-state index >= 15 is 0 Å². The molecule has 8 heteroatoms. The standard InChI is InChI=1S/C16H15N3O4S/c20-15-7-9-24(22,23)19(15)14-5-3-13(4-6-14)16(21)18-11-12-2-1-8-17-10-12/h1-6,8,10H,7,9,11H2,(H,18,21). The number of rotatable bonds is 4. The molecule has 0 aliphatic carbocycles. The number of nitrogens with one attached hydrogen (secondary N) is 1. The van der Waals surface area contributed by atoms with Crippen LogP contribution in [-0.4, -0.2) is 31.0 Å². The molecule has 24 heavy (non-hydrogen) atoms. The van der Waals surface area contributed by atoms with Crippen LogP contribution in [0.25, 0.3) is 0 Å². The molecule has 7 nitrogen and oxygen atoms in total. The number of sulfonamides is 1. The summed E-state index contributed by atoms with van der Waals surface area (Å²) in [6.07, 6.45) is 3.29. The Bertz CT molecular complexity index is 864. The van der Waals surface area contributed by atoms with Gasteiger partial charge in [-0.2, -0.15) is 0 Å². The summed E-state index contributed by atoms with van der Waals surface area (Å²) in [6.45, 7) is 0.341. The number of amides is 2. The van der Waals surface area contributed by atoms with E-state index in [4.69, 9.17) is 0 Å². The second-order valence-corrected chi connectivity index (χ2v) is 7.25. The van der Waals surface area contributed by atoms with Crippen LogP contribution in [0.1, 0.15) is 22.3 Å². The lowest BCUT2D eigenvalue weighted by Gasteiger charge is -2.15. The number of hydrogen-bond acceptors (Lipinski definition) is 5. The van der Waals surface area contributed by atoms with Gasteiger partial charge in [-0.25, -0.2) is 12.7 Å². The van der Waals surface area contributed by atoms with Gasteiger partial charge in [0.15, 0.2) is 0 Å². The summed E-state index contributed by atoms with van der Waals surface area (Å²) in [4.78, 5) is 27.8. The quantitative estimate of drug-likeness (QED) is 0.894. The third-order valence-electron chi connectivity index (χ3n) is 3.62. The Kier molecular flexibility index (Phi) is 4.30. The largest absolute Gasteiger partial charge is 0.348 e. The first kappa shape index (κ1) is 16.1. The summed E-state index contributed by atoms with van der Waals surface area (Å²) < 4.78 is 24.5. The van der Waals surface area contributed by atoms with Gasteiger partial charge in [0.05, 0.1) is 11.4 Å². The van der Waals surface area contributed by atoms with Crippen LogP contribution in [0.2, 0.25) is 0 Å². The minimum absolute atomic E-state index is 0.0182. The first-order valence-electron chi connectivity index (χ1n) is 7.30. The van der Waals surface area contributed by atoms with Crippen LogP contribution in [0.4, 0.5) is 5.69 Å². The molecule has 1 aliphatic heterocycles. The van der Waals surface area contributed by atoms with Crippen molar-refractivity contribution in [1.29, 1.82) is 0 Å². The third kappa shape index (κ3) is 3.28. The average Bonchev–Trinajstić information content (AvgIpc) is 2.87. The van der Waals surface area contributed by atoms with Gasteiger partial charge in [-0.3, -0.25) is 14.6 Å². The molecule has 1 fully saturated rings. The van der Waals surface area contributed by atoms with Crippen LogP contribution in [-0.2, 0) is 21.4 Å². The monoisotopic (exact) mass is 345 g/mol. The van der Waals surface area contributed by atoms with E-state index in [2.05, 4.69) is 10.3 Å². The predicted octanol–water partition coefficient (Wildman–Crippen LogP) is 1.08. The van der Waals surface area contributed by atoms with Crippen molar-refractivity contribution in [3.05, 3.63) is 59.9 Å². The number of carbonyl (C=O) groups excluding carboxylic acids is 2. The maximum absolute atomic E-state index is 12.1. The summed E-state index contributed by atoms with van der Waals surface area (Å²) in [6, 6.07) is 9.54. The van der Waals surface area contributed by atoms with E-state index < -0.39 is 15.9 Å². The van der Waals surface area contributed by atoms with E-state index in [1.54, 1.807) is 18.5 Å². The molecule has 1 aromatic heterocycles. The van der Waals surface area contributed by atoms with Gasteiger partial charge in [-0.05, 0) is 35.9 Å². The zero-order chi connectivity index (χ0) is 17.2. The fourth-order valence-electron chi connectivity index (χ4n) is 2.40. The fraction of sp³-hybridized carbons (Fsp3) is 0.188. The maximum atomic E-state index is 12.1. The van der Waals surface area contributed by atoms with E-state index in [0.29, 0.717) is 12.1 Å². The van der Waals surface area contributed by atoms with Gasteiger partial charge < -0.3 is 5.32 Å². The van der Waals surface area contributed by atoms with Crippen molar-refractivity contribution in [3.8, 4) is 0 Å². The summed E-state index contributed by atoms with van der Waals surface area (Å²) in [7, 11) is -3.59. The molecule has 3 rings (SSSR count). The molecule has 0 spiro atoms. The van der Waals surface area contributed by atoms with Crippen LogP contribution in [0.15, 0.2) is 48.8 Å². The molecule has 1 aromatic carbocycles. The Morgan fingerprint density at radius 1 is 1.21 bits per heavy atom. The van der Waals surface area contributed by atoms with Crippen molar-refractivity contribution in [1.82, 2.24) is 10.3 Å². The fourth-order valence-corrected chi connectivity index (χ4v) is 3.86. The van der Waals surface area contributed by atoms with E-state index in [0.717, 1.165) is 9.87 Å². The SMILES string of the molecule is O=C(NCc1cccnc1)c1ccc(N2C(=O)CCS2(=O)=O)cc1. The van der Waals surface area contributed by atoms with E-state index in [1.165, 1.54) is 24.3 Å². The van der Waals surface area contributed by atoms with Crippen LogP contribution >= 0.6 is 0 Å². The molecule has 0 bridgehead atoms. The highest BCUT2D eigenvalue weighted by molar-refractivity contribution is 7.94. The second kappa shape index (κ2) is 6.40. The molecule has 2 amide bonds. The predicted molar refractivity (Wildman–Crippen MR) is 87.7 cm³/mol. The lowest BCUT2D eigenvalue weighted by atomic mass is 10.2. The Hall–Kier alpha value is -2.74. The van der Waals surface area contributed by atoms with Crippen molar-refractivity contribution in [2.45, 2.75) is 13.0 Å². The molecule has 1 saturated heterocycles. The molecule has 0 saturated carbocycles. The number of benzene rings is 1. The van der Waals surface area contributed by atoms with Gasteiger partial charge in [0.2, 0.25) is 15.9 Å². The molecule has 2 heterocycles. The van der Waals surface area contributed by atoms with Crippen molar-refractivity contribution < 1.29 is 18.0 Å². The van der Waals surface area contributed by atoms with Crippen molar-refractivity contribution in [2.24, 2.45) is 0 Å². The van der Waals surface area contributed by atoms with Crippen molar-refractivity contribution >= 4 is 27.5 Å². The van der Waals surface area contributed by atoms with Gasteiger partial charge in [-0.15, -0.1) is 0 Å². The minimum Gasteiger partial charge on any atom is -0.348 e. The van der Waals surface area contributed by atoms with Crippen LogP contribution < -0.4 is 9.62 Å². The topological polar surface area (TPSA) is 96.4 Å². The number of nitrogens with zero attached hydrogens (tertiary/aromatic N) is 2. The van der Waals surface area contributed by atoms with Crippen molar-refractivity contribution in [3.63, 3.8) is 0 Å². The van der Waals surface area contributed by atoms with Gasteiger partial charge in [0, 0.05) is 30.9 Å². The smallest absolute Gasteiger partial charge is 0.251 e. The number of pyridine rings is 1. The second-order valence-electron chi connectivity index (χ2n) is 5.31. The highest BCUT2D eigenvalue weighted by Crippen LogP contribution is 2.25. The van der Waals surface area contributed by atoms with Gasteiger partial charge >= 0.3 is 0 Å². The molecule has 124 valence electrons. The summed E-state index contributed by atoms with van der Waals surface area (Å²) >= 11 is 0. The average molecular weight is 345 g/mol. The minimum atomic E-state index is -3.59. The highest BCUT2D eigenvalue weighted by Gasteiger charge is 2.36. The Balaban J connectivity index is 1.70. The molecule has 0 atom stereocenters. The van der Waals surface area contributed by atoms with Gasteiger partial charge in [-0.1, -0.05) is 6.07 Å². The zero-order valence-electron chi connectivity index (χ0n) is 12.7. The first-order chi connectivity index (χ1) is 11.5. The lowest BCUT2D eigenvalue weighted by Crippen LogP contribution is -2.29. The van der Waals surface area contributed by atoms with Gasteiger partial charge in [0.1, 0.15) is 0 Å². The molecule has 0 unspecified atom stereocenters. The lowest BCUT2D eigenvalue weighted by molar-refractivity contribution is -0.116. The highest BCUT2D eigenvalue weighted by atomic mass is 32.2. The normalized spacial score (nSPS) is 16.2. The maximum Gasteiger partial charge on any atom is 0.251 e. The zero-order valence-corrected chi connectivity index (χ0v) is 13.5. The molecule has 1 N–H and O–H groups in total. The molecular formula is C16H15N3O4S. The number of carbonyl (C=O) groups is 2. The first-order valence-corrected chi connectivity index (χ1v) is 8.91. The third-order valence-corrected chi connectivity index (χ3v) is 5.31. The van der Waals surface area contributed by atoms with E-state index in [-0.39, 0.29) is 23.8 Å². The van der Waals surface area contributed by atoms with Crippen LogP contribution in [0.5, 0.6) is 0 Å². The number of anilines is 1. The Morgan fingerprint density at radius 3 is 2.54 bits per heavy atom. The van der Waals surface area contributed by atoms with E-state index in [9.17, 15) is 18.0 Å². The van der Waals surface area contributed by atoms with Crippen molar-refractivity contribution in [2.75, 3.05) is 10.1 Å². The molecular weight excluding hydrogens is 330 g/mol. The van der Waals surface area contributed by atoms with Gasteiger partial charge in [0.25, 0.3) is 5.91 Å². The van der Waals surface area contributed by atoms with Crippen LogP contribution in [0, 0.1) is 0 Å². The molecule has 2 aromatic rings. The summed E-state index contributed by atoms with van der Waals surface area (Å²) in [5, 5.41) is 2.75. The summed E-state index contributed by atoms with van der Waals surface area (Å²) in [5.41, 5.74) is 1.50. The summed E-state index contributed by atoms with van der Waals surface area (Å²) in [5.74, 6) is -0.927. The molecule has 1 aliphatic rings. The molecule has 0 radical (unpaired) electrons. The van der Waals surface area contributed by atoms with E-state index in [1.807, 2.05) is 6.07 Å².